The summed E-state index contributed by atoms with van der Waals surface area (Å²) in [6.45, 7) is 10.7. The van der Waals surface area contributed by atoms with E-state index in [1.807, 2.05) is 0 Å². The fourth-order valence-corrected chi connectivity index (χ4v) is 3.21. The molecule has 1 rings (SSSR count). The highest BCUT2D eigenvalue weighted by Gasteiger charge is 2.22. The summed E-state index contributed by atoms with van der Waals surface area (Å²) in [5.41, 5.74) is 0. The van der Waals surface area contributed by atoms with Gasteiger partial charge in [-0.2, -0.15) is 0 Å². The lowest BCUT2D eigenvalue weighted by Crippen LogP contribution is -2.48. The average molecular weight is 285 g/mol. The Morgan fingerprint density at radius 3 is 2.50 bits per heavy atom. The van der Waals surface area contributed by atoms with E-state index >= 15 is 0 Å². The second-order valence-electron chi connectivity index (χ2n) is 6.38. The van der Waals surface area contributed by atoms with Crippen molar-refractivity contribution in [2.45, 2.75) is 58.2 Å². The van der Waals surface area contributed by atoms with Gasteiger partial charge in [0, 0.05) is 31.2 Å². The largest absolute Gasteiger partial charge is 0.379 e. The van der Waals surface area contributed by atoms with E-state index in [2.05, 4.69) is 50.4 Å². The van der Waals surface area contributed by atoms with Gasteiger partial charge in [0.05, 0.1) is 13.2 Å². The van der Waals surface area contributed by atoms with Gasteiger partial charge in [0.15, 0.2) is 0 Å². The van der Waals surface area contributed by atoms with E-state index in [9.17, 15) is 0 Å². The van der Waals surface area contributed by atoms with Gasteiger partial charge in [-0.05, 0) is 33.4 Å². The molecule has 0 aromatic heterocycles. The maximum absolute atomic E-state index is 5.52. The third kappa shape index (κ3) is 6.08. The molecule has 1 saturated heterocycles. The van der Waals surface area contributed by atoms with Crippen molar-refractivity contribution in [3.63, 3.8) is 0 Å². The van der Waals surface area contributed by atoms with Crippen molar-refractivity contribution in [2.75, 3.05) is 40.4 Å². The van der Waals surface area contributed by atoms with Crippen LogP contribution < -0.4 is 10.6 Å². The molecule has 1 fully saturated rings. The SMILES string of the molecule is CCC(CC)C(CNC(C)CC1COCCN1)N(C)C. The van der Waals surface area contributed by atoms with E-state index < -0.39 is 0 Å². The zero-order valence-corrected chi connectivity index (χ0v) is 14.1. The van der Waals surface area contributed by atoms with Crippen molar-refractivity contribution in [3.05, 3.63) is 0 Å². The minimum Gasteiger partial charge on any atom is -0.379 e. The zero-order chi connectivity index (χ0) is 15.0. The maximum Gasteiger partial charge on any atom is 0.0620 e. The quantitative estimate of drug-likeness (QED) is 0.676. The molecule has 0 aromatic carbocycles. The molecule has 0 saturated carbocycles. The summed E-state index contributed by atoms with van der Waals surface area (Å²) in [6, 6.07) is 1.67. The van der Waals surface area contributed by atoms with Gasteiger partial charge in [-0.3, -0.25) is 0 Å². The molecule has 4 nitrogen and oxygen atoms in total. The third-order valence-corrected chi connectivity index (χ3v) is 4.57. The molecule has 0 bridgehead atoms. The Morgan fingerprint density at radius 2 is 2.00 bits per heavy atom. The molecule has 3 atom stereocenters. The Bertz CT molecular complexity index is 238. The van der Waals surface area contributed by atoms with Crippen LogP contribution in [0.25, 0.3) is 0 Å². The number of nitrogens with zero attached hydrogens (tertiary/aromatic N) is 1. The van der Waals surface area contributed by atoms with Gasteiger partial charge in [0.25, 0.3) is 0 Å². The van der Waals surface area contributed by atoms with Crippen LogP contribution in [0.4, 0.5) is 0 Å². The van der Waals surface area contributed by atoms with Gasteiger partial charge in [0.1, 0.15) is 0 Å². The zero-order valence-electron chi connectivity index (χ0n) is 14.1. The Labute approximate surface area is 125 Å². The van der Waals surface area contributed by atoms with E-state index in [0.717, 1.165) is 38.6 Å². The molecule has 2 N–H and O–H groups in total. The lowest BCUT2D eigenvalue weighted by Gasteiger charge is -2.33. The minimum absolute atomic E-state index is 0.511. The molecular formula is C16H35N3O. The first kappa shape index (κ1) is 17.9. The van der Waals surface area contributed by atoms with Gasteiger partial charge < -0.3 is 20.3 Å². The first-order chi connectivity index (χ1) is 9.58. The molecule has 1 aliphatic heterocycles. The van der Waals surface area contributed by atoms with Crippen molar-refractivity contribution in [1.29, 1.82) is 0 Å². The highest BCUT2D eigenvalue weighted by atomic mass is 16.5. The lowest BCUT2D eigenvalue weighted by molar-refractivity contribution is 0.0706. The number of ether oxygens (including phenoxy) is 1. The predicted octanol–water partition coefficient (Wildman–Crippen LogP) is 1.71. The Balaban J connectivity index is 2.33. The molecule has 4 heteroatoms. The highest BCUT2D eigenvalue weighted by Crippen LogP contribution is 2.16. The van der Waals surface area contributed by atoms with Crippen LogP contribution in [0.2, 0.25) is 0 Å². The second kappa shape index (κ2) is 9.72. The van der Waals surface area contributed by atoms with Crippen LogP contribution in [0.1, 0.15) is 40.0 Å². The van der Waals surface area contributed by atoms with Gasteiger partial charge in [-0.1, -0.05) is 26.7 Å². The summed E-state index contributed by atoms with van der Waals surface area (Å²) in [4.78, 5) is 2.37. The van der Waals surface area contributed by atoms with E-state index in [-0.39, 0.29) is 0 Å². The molecule has 0 amide bonds. The molecule has 0 aliphatic carbocycles. The smallest absolute Gasteiger partial charge is 0.0620 e. The standard InChI is InChI=1S/C16H35N3O/c1-6-14(7-2)16(19(4)5)11-18-13(3)10-15-12-20-9-8-17-15/h13-18H,6-12H2,1-5H3. The summed E-state index contributed by atoms with van der Waals surface area (Å²) in [5.74, 6) is 0.779. The summed E-state index contributed by atoms with van der Waals surface area (Å²) < 4.78 is 5.52. The molecule has 0 spiro atoms. The number of likely N-dealkylation sites (N-methyl/N-ethyl adjacent to an activating group) is 1. The molecule has 1 heterocycles. The van der Waals surface area contributed by atoms with E-state index in [1.165, 1.54) is 12.8 Å². The van der Waals surface area contributed by atoms with Crippen LogP contribution in [0.15, 0.2) is 0 Å². The molecule has 0 aromatic rings. The van der Waals surface area contributed by atoms with Gasteiger partial charge in [-0.25, -0.2) is 0 Å². The summed E-state index contributed by atoms with van der Waals surface area (Å²) in [7, 11) is 4.40. The number of rotatable bonds is 9. The average Bonchev–Trinajstić information content (AvgIpc) is 2.44. The highest BCUT2D eigenvalue weighted by molar-refractivity contribution is 4.81. The van der Waals surface area contributed by atoms with Crippen molar-refractivity contribution in [1.82, 2.24) is 15.5 Å². The molecule has 20 heavy (non-hydrogen) atoms. The predicted molar refractivity (Wildman–Crippen MR) is 86.2 cm³/mol. The Morgan fingerprint density at radius 1 is 1.30 bits per heavy atom. The molecule has 1 aliphatic rings. The number of hydrogen-bond donors (Lipinski definition) is 2. The van der Waals surface area contributed by atoms with E-state index in [0.29, 0.717) is 18.1 Å². The number of nitrogens with one attached hydrogen (secondary N) is 2. The molecule has 3 unspecified atom stereocenters. The lowest BCUT2D eigenvalue weighted by atomic mass is 9.93. The maximum atomic E-state index is 5.52. The van der Waals surface area contributed by atoms with Crippen LogP contribution in [0.3, 0.4) is 0 Å². The van der Waals surface area contributed by atoms with Crippen molar-refractivity contribution in [3.8, 4) is 0 Å². The molecule has 0 radical (unpaired) electrons. The summed E-state index contributed by atoms with van der Waals surface area (Å²) in [5, 5.41) is 7.25. The van der Waals surface area contributed by atoms with Crippen molar-refractivity contribution < 1.29 is 4.74 Å². The van der Waals surface area contributed by atoms with Crippen LogP contribution in [-0.2, 0) is 4.74 Å². The minimum atomic E-state index is 0.511. The van der Waals surface area contributed by atoms with Crippen molar-refractivity contribution in [2.24, 2.45) is 5.92 Å². The first-order valence-electron chi connectivity index (χ1n) is 8.29. The monoisotopic (exact) mass is 285 g/mol. The van der Waals surface area contributed by atoms with Crippen LogP contribution in [0.5, 0.6) is 0 Å². The number of morpholine rings is 1. The Hall–Kier alpha value is -0.160. The number of hydrogen-bond acceptors (Lipinski definition) is 4. The van der Waals surface area contributed by atoms with Crippen LogP contribution in [-0.4, -0.2) is 63.4 Å². The van der Waals surface area contributed by atoms with E-state index in [1.54, 1.807) is 0 Å². The van der Waals surface area contributed by atoms with Crippen LogP contribution in [0, 0.1) is 5.92 Å². The second-order valence-corrected chi connectivity index (χ2v) is 6.38. The Kier molecular flexibility index (Phi) is 8.69. The molecular weight excluding hydrogens is 250 g/mol. The summed E-state index contributed by atoms with van der Waals surface area (Å²) in [6.07, 6.45) is 3.66. The van der Waals surface area contributed by atoms with Crippen LogP contribution >= 0.6 is 0 Å². The van der Waals surface area contributed by atoms with Gasteiger partial charge in [-0.15, -0.1) is 0 Å². The van der Waals surface area contributed by atoms with Gasteiger partial charge >= 0.3 is 0 Å². The van der Waals surface area contributed by atoms with Gasteiger partial charge in [0.2, 0.25) is 0 Å². The fraction of sp³-hybridized carbons (Fsp3) is 1.00. The fourth-order valence-electron chi connectivity index (χ4n) is 3.21. The normalized spacial score (nSPS) is 23.2. The van der Waals surface area contributed by atoms with Crippen molar-refractivity contribution >= 4 is 0 Å². The summed E-state index contributed by atoms with van der Waals surface area (Å²) >= 11 is 0. The van der Waals surface area contributed by atoms with E-state index in [4.69, 9.17) is 4.74 Å². The third-order valence-electron chi connectivity index (χ3n) is 4.57. The molecule has 120 valence electrons. The first-order valence-corrected chi connectivity index (χ1v) is 8.29. The topological polar surface area (TPSA) is 36.5 Å².